The Morgan fingerprint density at radius 2 is 2.29 bits per heavy atom. The molecule has 0 spiro atoms. The van der Waals surface area contributed by atoms with Gasteiger partial charge in [-0.15, -0.1) is 0 Å². The Bertz CT molecular complexity index is 331. The second kappa shape index (κ2) is 4.13. The zero-order valence-electron chi connectivity index (χ0n) is 8.87. The number of nitrogens with one attached hydrogen (secondary N) is 1. The Hall–Kier alpha value is -1.52. The van der Waals surface area contributed by atoms with Crippen LogP contribution in [0, 0.1) is 0 Å². The van der Waals surface area contributed by atoms with Crippen LogP contribution in [0.1, 0.15) is 25.5 Å². The van der Waals surface area contributed by atoms with Gasteiger partial charge in [0.25, 0.3) is 0 Å². The zero-order chi connectivity index (χ0) is 10.7. The third-order valence-corrected chi connectivity index (χ3v) is 2.01. The topological polar surface area (TPSA) is 56.1 Å². The van der Waals surface area contributed by atoms with E-state index in [1.807, 2.05) is 11.6 Å². The van der Waals surface area contributed by atoms with Gasteiger partial charge in [0, 0.05) is 12.7 Å². The number of nitrogens with zero attached hydrogens (tertiary/aromatic N) is 2. The first-order valence-electron chi connectivity index (χ1n) is 4.42. The highest BCUT2D eigenvalue weighted by Gasteiger charge is 2.11. The van der Waals surface area contributed by atoms with Crippen molar-refractivity contribution in [2.24, 2.45) is 7.05 Å². The second-order valence-electron chi connectivity index (χ2n) is 3.34. The number of carbonyl (C=O) groups is 1. The van der Waals surface area contributed by atoms with Crippen LogP contribution in [0.15, 0.2) is 6.20 Å². The molecule has 14 heavy (non-hydrogen) atoms. The van der Waals surface area contributed by atoms with E-state index in [0.29, 0.717) is 11.9 Å². The molecule has 1 N–H and O–H groups in total. The summed E-state index contributed by atoms with van der Waals surface area (Å²) >= 11 is 0. The van der Waals surface area contributed by atoms with Crippen LogP contribution in [0.2, 0.25) is 0 Å². The van der Waals surface area contributed by atoms with E-state index < -0.39 is 6.09 Å². The molecule has 0 aromatic carbocycles. The molecule has 0 aliphatic carbocycles. The summed E-state index contributed by atoms with van der Waals surface area (Å²) in [6, 6.07) is 0. The molecule has 0 aliphatic rings. The highest BCUT2D eigenvalue weighted by molar-refractivity contribution is 5.82. The van der Waals surface area contributed by atoms with Gasteiger partial charge >= 0.3 is 6.09 Å². The molecule has 0 saturated carbocycles. The molecule has 0 unspecified atom stereocenters. The molecule has 1 rings (SSSR count). The van der Waals surface area contributed by atoms with Crippen molar-refractivity contribution in [1.29, 1.82) is 0 Å². The van der Waals surface area contributed by atoms with Crippen LogP contribution in [-0.2, 0) is 11.8 Å². The van der Waals surface area contributed by atoms with Gasteiger partial charge in [-0.2, -0.15) is 0 Å². The molecule has 1 aromatic heterocycles. The van der Waals surface area contributed by atoms with Crippen molar-refractivity contribution < 1.29 is 9.53 Å². The lowest BCUT2D eigenvalue weighted by Crippen LogP contribution is -2.15. The Morgan fingerprint density at radius 3 is 2.71 bits per heavy atom. The maximum Gasteiger partial charge on any atom is 0.413 e. The highest BCUT2D eigenvalue weighted by atomic mass is 16.5. The molecule has 0 radical (unpaired) electrons. The first-order valence-corrected chi connectivity index (χ1v) is 4.42. The Kier molecular flexibility index (Phi) is 3.11. The van der Waals surface area contributed by atoms with Gasteiger partial charge in [-0.1, -0.05) is 13.8 Å². The number of carbonyl (C=O) groups excluding carboxylic acids is 1. The minimum absolute atomic E-state index is 0.376. The average Bonchev–Trinajstić information content (AvgIpc) is 2.48. The van der Waals surface area contributed by atoms with Gasteiger partial charge < -0.3 is 9.30 Å². The van der Waals surface area contributed by atoms with Crippen molar-refractivity contribution in [1.82, 2.24) is 9.55 Å². The standard InChI is InChI=1S/C9H15N3O2/c1-6(2)7-5-10-8(12(7)3)11-9(13)14-4/h5-6H,1-4H3,(H,10,11,13). The molecule has 0 saturated heterocycles. The third kappa shape index (κ3) is 2.04. The summed E-state index contributed by atoms with van der Waals surface area (Å²) in [4.78, 5) is 15.0. The maximum atomic E-state index is 10.9. The summed E-state index contributed by atoms with van der Waals surface area (Å²) in [5, 5.41) is 2.53. The first kappa shape index (κ1) is 10.6. The number of imidazole rings is 1. The lowest BCUT2D eigenvalue weighted by atomic mass is 10.1. The van der Waals surface area contributed by atoms with Gasteiger partial charge in [-0.25, -0.2) is 9.78 Å². The van der Waals surface area contributed by atoms with Gasteiger partial charge in [-0.05, 0) is 5.92 Å². The van der Waals surface area contributed by atoms with Crippen molar-refractivity contribution in [3.05, 3.63) is 11.9 Å². The summed E-state index contributed by atoms with van der Waals surface area (Å²) in [5.74, 6) is 0.876. The Balaban J connectivity index is 2.84. The molecule has 0 aliphatic heterocycles. The second-order valence-corrected chi connectivity index (χ2v) is 3.34. The van der Waals surface area contributed by atoms with Crippen LogP contribution in [0.25, 0.3) is 0 Å². The fourth-order valence-electron chi connectivity index (χ4n) is 1.22. The fraction of sp³-hybridized carbons (Fsp3) is 0.556. The van der Waals surface area contributed by atoms with Crippen LogP contribution in [0.3, 0.4) is 0 Å². The lowest BCUT2D eigenvalue weighted by Gasteiger charge is -2.08. The van der Waals surface area contributed by atoms with Crippen molar-refractivity contribution in [2.45, 2.75) is 19.8 Å². The smallest absolute Gasteiger partial charge is 0.413 e. The summed E-state index contributed by atoms with van der Waals surface area (Å²) in [6.07, 6.45) is 1.24. The summed E-state index contributed by atoms with van der Waals surface area (Å²) < 4.78 is 6.31. The number of amides is 1. The Morgan fingerprint density at radius 1 is 1.64 bits per heavy atom. The molecule has 5 heteroatoms. The van der Waals surface area contributed by atoms with Crippen molar-refractivity contribution in [3.8, 4) is 0 Å². The van der Waals surface area contributed by atoms with E-state index in [1.165, 1.54) is 7.11 Å². The van der Waals surface area contributed by atoms with E-state index in [1.54, 1.807) is 6.20 Å². The molecule has 0 atom stereocenters. The van der Waals surface area contributed by atoms with E-state index in [0.717, 1.165) is 5.69 Å². The molecular weight excluding hydrogens is 182 g/mol. The van der Waals surface area contributed by atoms with Crippen LogP contribution in [0.5, 0.6) is 0 Å². The Labute approximate surface area is 83.1 Å². The summed E-state index contributed by atoms with van der Waals surface area (Å²) in [5.41, 5.74) is 1.07. The van der Waals surface area contributed by atoms with E-state index in [9.17, 15) is 4.79 Å². The number of anilines is 1. The average molecular weight is 197 g/mol. The number of ether oxygens (including phenoxy) is 1. The fourth-order valence-corrected chi connectivity index (χ4v) is 1.22. The van der Waals surface area contributed by atoms with E-state index in [4.69, 9.17) is 0 Å². The zero-order valence-corrected chi connectivity index (χ0v) is 8.87. The predicted molar refractivity (Wildman–Crippen MR) is 53.3 cm³/mol. The van der Waals surface area contributed by atoms with Crippen molar-refractivity contribution >= 4 is 12.0 Å². The van der Waals surface area contributed by atoms with Gasteiger partial charge in [0.2, 0.25) is 5.95 Å². The molecule has 1 heterocycles. The first-order chi connectivity index (χ1) is 6.56. The predicted octanol–water partition coefficient (Wildman–Crippen LogP) is 1.72. The molecule has 1 aromatic rings. The van der Waals surface area contributed by atoms with Gasteiger partial charge in [-0.3, -0.25) is 5.32 Å². The van der Waals surface area contributed by atoms with Gasteiger partial charge in [0.1, 0.15) is 0 Å². The summed E-state index contributed by atoms with van der Waals surface area (Å²) in [7, 11) is 3.18. The lowest BCUT2D eigenvalue weighted by molar-refractivity contribution is 0.186. The number of hydrogen-bond acceptors (Lipinski definition) is 3. The maximum absolute atomic E-state index is 10.9. The largest absolute Gasteiger partial charge is 0.453 e. The number of aromatic nitrogens is 2. The molecule has 0 fully saturated rings. The van der Waals surface area contributed by atoms with Gasteiger partial charge in [0.05, 0.1) is 13.3 Å². The van der Waals surface area contributed by atoms with Gasteiger partial charge in [0.15, 0.2) is 0 Å². The molecule has 1 amide bonds. The van der Waals surface area contributed by atoms with Crippen LogP contribution < -0.4 is 5.32 Å². The minimum atomic E-state index is -0.506. The summed E-state index contributed by atoms with van der Waals surface area (Å²) in [6.45, 7) is 4.14. The molecule has 78 valence electrons. The van der Waals surface area contributed by atoms with Crippen LogP contribution >= 0.6 is 0 Å². The quantitative estimate of drug-likeness (QED) is 0.785. The highest BCUT2D eigenvalue weighted by Crippen LogP contribution is 2.17. The van der Waals surface area contributed by atoms with Crippen LogP contribution in [-0.4, -0.2) is 22.8 Å². The van der Waals surface area contributed by atoms with E-state index in [-0.39, 0.29) is 0 Å². The molecule has 0 bridgehead atoms. The SMILES string of the molecule is COC(=O)Nc1ncc(C(C)C)n1C. The van der Waals surface area contributed by atoms with E-state index in [2.05, 4.69) is 28.9 Å². The third-order valence-electron chi connectivity index (χ3n) is 2.01. The minimum Gasteiger partial charge on any atom is -0.453 e. The van der Waals surface area contributed by atoms with E-state index >= 15 is 0 Å². The number of hydrogen-bond donors (Lipinski definition) is 1. The molecule has 5 nitrogen and oxygen atoms in total. The van der Waals surface area contributed by atoms with Crippen molar-refractivity contribution in [3.63, 3.8) is 0 Å². The normalized spacial score (nSPS) is 10.4. The van der Waals surface area contributed by atoms with Crippen LogP contribution in [0.4, 0.5) is 10.7 Å². The molecular formula is C9H15N3O2. The number of rotatable bonds is 2. The monoisotopic (exact) mass is 197 g/mol. The van der Waals surface area contributed by atoms with Crippen molar-refractivity contribution in [2.75, 3.05) is 12.4 Å². The number of methoxy groups -OCH3 is 1.